The Bertz CT molecular complexity index is 601. The van der Waals surface area contributed by atoms with Gasteiger partial charge in [0.1, 0.15) is 5.69 Å². The lowest BCUT2D eigenvalue weighted by atomic mass is 9.96. The zero-order valence-corrected chi connectivity index (χ0v) is 12.8. The molecule has 4 rings (SSSR count). The summed E-state index contributed by atoms with van der Waals surface area (Å²) in [5, 5.41) is 3.06. The molecule has 1 aromatic heterocycles. The van der Waals surface area contributed by atoms with Gasteiger partial charge in [0.25, 0.3) is 5.91 Å². The van der Waals surface area contributed by atoms with E-state index in [0.29, 0.717) is 18.2 Å². The maximum absolute atomic E-state index is 12.3. The second-order valence-corrected chi connectivity index (χ2v) is 6.76. The van der Waals surface area contributed by atoms with E-state index in [1.165, 1.54) is 12.8 Å². The van der Waals surface area contributed by atoms with E-state index in [-0.39, 0.29) is 17.7 Å². The van der Waals surface area contributed by atoms with Crippen molar-refractivity contribution in [2.75, 3.05) is 19.6 Å². The van der Waals surface area contributed by atoms with Crippen LogP contribution in [0.5, 0.6) is 0 Å². The Morgan fingerprint density at radius 3 is 2.77 bits per heavy atom. The fraction of sp³-hybridized carbons (Fsp3) is 0.688. The van der Waals surface area contributed by atoms with Gasteiger partial charge in [-0.1, -0.05) is 0 Å². The molecule has 2 aliphatic heterocycles. The summed E-state index contributed by atoms with van der Waals surface area (Å²) in [7, 11) is 0. The molecule has 1 aliphatic carbocycles. The summed E-state index contributed by atoms with van der Waals surface area (Å²) in [5.74, 6) is 0.919. The molecule has 2 fully saturated rings. The quantitative estimate of drug-likeness (QED) is 0.895. The van der Waals surface area contributed by atoms with Crippen LogP contribution in [0.15, 0.2) is 6.33 Å². The third kappa shape index (κ3) is 2.51. The average molecular weight is 302 g/mol. The number of fused-ring (bicyclic) bond motifs is 1. The molecule has 0 spiro atoms. The third-order valence-electron chi connectivity index (χ3n) is 5.07. The number of nitrogens with zero attached hydrogens (tertiary/aromatic N) is 3. The summed E-state index contributed by atoms with van der Waals surface area (Å²) in [6, 6.07) is 0. The topological polar surface area (TPSA) is 67.2 Å². The maximum atomic E-state index is 12.3. The van der Waals surface area contributed by atoms with Gasteiger partial charge >= 0.3 is 0 Å². The molecule has 0 aromatic carbocycles. The van der Waals surface area contributed by atoms with E-state index in [1.54, 1.807) is 6.33 Å². The lowest BCUT2D eigenvalue weighted by Crippen LogP contribution is -2.43. The first-order valence-corrected chi connectivity index (χ1v) is 8.33. The van der Waals surface area contributed by atoms with Crippen LogP contribution in [0, 0.1) is 11.8 Å². The second kappa shape index (κ2) is 5.41. The molecular weight excluding hydrogens is 280 g/mol. The van der Waals surface area contributed by atoms with Crippen LogP contribution in [0.4, 0.5) is 0 Å². The number of carbonyl (C=O) groups is 2. The molecule has 1 N–H and O–H groups in total. The molecule has 1 aromatic rings. The minimum Gasteiger partial charge on any atom is -0.356 e. The van der Waals surface area contributed by atoms with Crippen LogP contribution in [0.25, 0.3) is 0 Å². The second-order valence-electron chi connectivity index (χ2n) is 6.76. The molecule has 118 valence electrons. The summed E-state index contributed by atoms with van der Waals surface area (Å²) in [6.07, 6.45) is 6.88. The highest BCUT2D eigenvalue weighted by Crippen LogP contribution is 2.28. The SMILES string of the molecule is O=C(NCC1CC1)C1CCc2c(C(=O)N3CCC3)ncn2C1. The van der Waals surface area contributed by atoms with Gasteiger partial charge in [0, 0.05) is 26.2 Å². The summed E-state index contributed by atoms with van der Waals surface area (Å²) in [5.41, 5.74) is 1.60. The molecular formula is C16H22N4O2. The Morgan fingerprint density at radius 2 is 2.09 bits per heavy atom. The smallest absolute Gasteiger partial charge is 0.274 e. The van der Waals surface area contributed by atoms with Gasteiger partial charge in [-0.25, -0.2) is 4.98 Å². The van der Waals surface area contributed by atoms with Gasteiger partial charge in [-0.2, -0.15) is 0 Å². The largest absolute Gasteiger partial charge is 0.356 e. The zero-order valence-electron chi connectivity index (χ0n) is 12.8. The van der Waals surface area contributed by atoms with E-state index < -0.39 is 0 Å². The molecule has 22 heavy (non-hydrogen) atoms. The van der Waals surface area contributed by atoms with E-state index in [1.807, 2.05) is 9.47 Å². The van der Waals surface area contributed by atoms with Crippen LogP contribution < -0.4 is 5.32 Å². The maximum Gasteiger partial charge on any atom is 0.274 e. The van der Waals surface area contributed by atoms with Crippen molar-refractivity contribution in [3.05, 3.63) is 17.7 Å². The summed E-state index contributed by atoms with van der Waals surface area (Å²) in [4.78, 5) is 30.7. The Balaban J connectivity index is 1.41. The van der Waals surface area contributed by atoms with Crippen LogP contribution in [-0.2, 0) is 17.8 Å². The van der Waals surface area contributed by atoms with Gasteiger partial charge in [0.15, 0.2) is 0 Å². The molecule has 0 radical (unpaired) electrons. The Kier molecular flexibility index (Phi) is 3.39. The van der Waals surface area contributed by atoms with E-state index in [9.17, 15) is 9.59 Å². The number of imidazole rings is 1. The fourth-order valence-corrected chi connectivity index (χ4v) is 3.24. The molecule has 6 nitrogen and oxygen atoms in total. The minimum absolute atomic E-state index is 0.00686. The van der Waals surface area contributed by atoms with Crippen molar-refractivity contribution in [1.29, 1.82) is 0 Å². The fourth-order valence-electron chi connectivity index (χ4n) is 3.24. The Hall–Kier alpha value is -1.85. The number of hydrogen-bond acceptors (Lipinski definition) is 3. The first kappa shape index (κ1) is 13.8. The van der Waals surface area contributed by atoms with Crippen LogP contribution in [0.2, 0.25) is 0 Å². The first-order valence-electron chi connectivity index (χ1n) is 8.33. The van der Waals surface area contributed by atoms with Crippen molar-refractivity contribution in [3.8, 4) is 0 Å². The monoisotopic (exact) mass is 302 g/mol. The van der Waals surface area contributed by atoms with E-state index in [0.717, 1.165) is 44.6 Å². The van der Waals surface area contributed by atoms with E-state index in [2.05, 4.69) is 10.3 Å². The highest BCUT2D eigenvalue weighted by atomic mass is 16.2. The van der Waals surface area contributed by atoms with Crippen molar-refractivity contribution in [2.24, 2.45) is 11.8 Å². The number of rotatable bonds is 4. The number of carbonyl (C=O) groups excluding carboxylic acids is 2. The standard InChI is InChI=1S/C16H22N4O2/c21-15(17-8-11-2-3-11)12-4-5-13-14(18-10-20(13)9-12)16(22)19-6-1-7-19/h10-12H,1-9H2,(H,17,21). The summed E-state index contributed by atoms with van der Waals surface area (Å²) < 4.78 is 2.00. The van der Waals surface area contributed by atoms with Crippen molar-refractivity contribution in [1.82, 2.24) is 19.8 Å². The van der Waals surface area contributed by atoms with E-state index in [4.69, 9.17) is 0 Å². The summed E-state index contributed by atoms with van der Waals surface area (Å²) >= 11 is 0. The normalized spacial score (nSPS) is 23.6. The van der Waals surface area contributed by atoms with E-state index >= 15 is 0 Å². The number of likely N-dealkylation sites (tertiary alicyclic amines) is 1. The minimum atomic E-state index is 0.00686. The Morgan fingerprint density at radius 1 is 1.27 bits per heavy atom. The molecule has 6 heteroatoms. The molecule has 1 saturated heterocycles. The zero-order chi connectivity index (χ0) is 15.1. The van der Waals surface area contributed by atoms with Crippen molar-refractivity contribution < 1.29 is 9.59 Å². The molecule has 2 amide bonds. The average Bonchev–Trinajstić information content (AvgIpc) is 3.20. The molecule has 1 saturated carbocycles. The number of nitrogens with one attached hydrogen (secondary N) is 1. The van der Waals surface area contributed by atoms with Gasteiger partial charge in [-0.15, -0.1) is 0 Å². The van der Waals surface area contributed by atoms with Gasteiger partial charge in [-0.3, -0.25) is 9.59 Å². The van der Waals surface area contributed by atoms with Gasteiger partial charge < -0.3 is 14.8 Å². The number of aromatic nitrogens is 2. The third-order valence-corrected chi connectivity index (χ3v) is 5.07. The number of hydrogen-bond donors (Lipinski definition) is 1. The van der Waals surface area contributed by atoms with Gasteiger partial charge in [0.2, 0.25) is 5.91 Å². The van der Waals surface area contributed by atoms with Crippen LogP contribution in [0.1, 0.15) is 41.9 Å². The lowest BCUT2D eigenvalue weighted by molar-refractivity contribution is -0.126. The predicted octanol–water partition coefficient (Wildman–Crippen LogP) is 0.818. The molecule has 3 heterocycles. The van der Waals surface area contributed by atoms with Crippen LogP contribution in [0.3, 0.4) is 0 Å². The highest BCUT2D eigenvalue weighted by molar-refractivity contribution is 5.94. The van der Waals surface area contributed by atoms with Crippen molar-refractivity contribution in [3.63, 3.8) is 0 Å². The molecule has 1 atom stereocenters. The molecule has 1 unspecified atom stereocenters. The van der Waals surface area contributed by atoms with Gasteiger partial charge in [0.05, 0.1) is 17.9 Å². The molecule has 0 bridgehead atoms. The van der Waals surface area contributed by atoms with Crippen molar-refractivity contribution >= 4 is 11.8 Å². The van der Waals surface area contributed by atoms with Gasteiger partial charge in [-0.05, 0) is 38.0 Å². The lowest BCUT2D eigenvalue weighted by Gasteiger charge is -2.31. The van der Waals surface area contributed by atoms with Crippen LogP contribution >= 0.6 is 0 Å². The number of amides is 2. The highest BCUT2D eigenvalue weighted by Gasteiger charge is 2.32. The van der Waals surface area contributed by atoms with Crippen LogP contribution in [-0.4, -0.2) is 45.9 Å². The molecule has 3 aliphatic rings. The predicted molar refractivity (Wildman–Crippen MR) is 80.3 cm³/mol. The first-order chi connectivity index (χ1) is 10.7. The summed E-state index contributed by atoms with van der Waals surface area (Å²) in [6.45, 7) is 3.16. The Labute approximate surface area is 129 Å². The van der Waals surface area contributed by atoms with Crippen molar-refractivity contribution in [2.45, 2.75) is 38.6 Å².